The Bertz CT molecular complexity index is 1090. The molecule has 4 rings (SSSR count). The van der Waals surface area contributed by atoms with Gasteiger partial charge in [0.15, 0.2) is 0 Å². The molecule has 0 bridgehead atoms. The summed E-state index contributed by atoms with van der Waals surface area (Å²) in [5, 5.41) is 7.88. The second-order valence-corrected chi connectivity index (χ2v) is 9.04. The molecular weight excluding hydrogens is 424 g/mol. The fraction of sp³-hybridized carbons (Fsp3) is 0.400. The van der Waals surface area contributed by atoms with Gasteiger partial charge in [0.05, 0.1) is 17.6 Å². The van der Waals surface area contributed by atoms with E-state index in [0.29, 0.717) is 23.3 Å². The number of rotatable bonds is 6. The van der Waals surface area contributed by atoms with Crippen molar-refractivity contribution >= 4 is 17.5 Å². The minimum atomic E-state index is 0.00190. The van der Waals surface area contributed by atoms with Gasteiger partial charge in [-0.05, 0) is 70.0 Å². The van der Waals surface area contributed by atoms with Gasteiger partial charge in [0.25, 0.3) is 0 Å². The fourth-order valence-corrected chi connectivity index (χ4v) is 4.47. The average molecular weight is 453 g/mol. The Morgan fingerprint density at radius 1 is 1.22 bits per heavy atom. The summed E-state index contributed by atoms with van der Waals surface area (Å²) in [5.41, 5.74) is 4.35. The normalized spacial score (nSPS) is 16.1. The molecule has 3 aromatic rings. The Balaban J connectivity index is 1.29. The lowest BCUT2D eigenvalue weighted by atomic mass is 9.94. The van der Waals surface area contributed by atoms with Gasteiger partial charge in [-0.1, -0.05) is 52.7 Å². The SMILES string of the molecule is Cc1ccc(C)c(C(C)NC(=O)C2CCN(Cc3nc(-c4ccccc4Cl)no3)CC2)c1. The number of nitrogens with one attached hydrogen (secondary N) is 1. The number of nitrogens with zero attached hydrogens (tertiary/aromatic N) is 3. The minimum Gasteiger partial charge on any atom is -0.349 e. The summed E-state index contributed by atoms with van der Waals surface area (Å²) in [6.07, 6.45) is 1.63. The van der Waals surface area contributed by atoms with Crippen LogP contribution in [0.1, 0.15) is 48.4 Å². The predicted molar refractivity (Wildman–Crippen MR) is 125 cm³/mol. The van der Waals surface area contributed by atoms with Crippen LogP contribution < -0.4 is 5.32 Å². The maximum Gasteiger partial charge on any atom is 0.241 e. The predicted octanol–water partition coefficient (Wildman–Crippen LogP) is 5.10. The Kier molecular flexibility index (Phi) is 6.92. The smallest absolute Gasteiger partial charge is 0.241 e. The maximum absolute atomic E-state index is 12.9. The molecule has 0 saturated carbocycles. The number of carbonyl (C=O) groups excluding carboxylic acids is 1. The molecule has 1 N–H and O–H groups in total. The number of hydrogen-bond acceptors (Lipinski definition) is 5. The van der Waals surface area contributed by atoms with Crippen LogP contribution in [0, 0.1) is 19.8 Å². The number of hydrogen-bond donors (Lipinski definition) is 1. The molecule has 1 atom stereocenters. The standard InChI is InChI=1S/C25H29ClN4O2/c1-16-8-9-17(2)21(14-16)18(3)27-25(31)19-10-12-30(13-11-19)15-23-28-24(29-32-23)20-6-4-5-7-22(20)26/h4-9,14,18-19H,10-13,15H2,1-3H3,(H,27,31). The average Bonchev–Trinajstić information content (AvgIpc) is 3.24. The highest BCUT2D eigenvalue weighted by atomic mass is 35.5. The first kappa shape index (κ1) is 22.5. The number of benzene rings is 2. The third-order valence-electron chi connectivity index (χ3n) is 6.16. The van der Waals surface area contributed by atoms with E-state index in [2.05, 4.69) is 59.3 Å². The molecule has 7 heteroatoms. The van der Waals surface area contributed by atoms with Crippen LogP contribution in [0.5, 0.6) is 0 Å². The number of halogens is 1. The van der Waals surface area contributed by atoms with Gasteiger partial charge in [-0.25, -0.2) is 0 Å². The highest BCUT2D eigenvalue weighted by Crippen LogP contribution is 2.26. The van der Waals surface area contributed by atoms with E-state index in [4.69, 9.17) is 16.1 Å². The molecule has 1 aliphatic rings. The Hall–Kier alpha value is -2.70. The molecule has 32 heavy (non-hydrogen) atoms. The first-order valence-electron chi connectivity index (χ1n) is 11.1. The molecule has 0 spiro atoms. The van der Waals surface area contributed by atoms with E-state index in [1.807, 2.05) is 24.3 Å². The Morgan fingerprint density at radius 3 is 2.72 bits per heavy atom. The summed E-state index contributed by atoms with van der Waals surface area (Å²) in [5.74, 6) is 1.23. The van der Waals surface area contributed by atoms with Crippen LogP contribution in [-0.2, 0) is 11.3 Å². The second kappa shape index (κ2) is 9.84. The molecule has 0 radical (unpaired) electrons. The van der Waals surface area contributed by atoms with Crippen molar-refractivity contribution < 1.29 is 9.32 Å². The third-order valence-corrected chi connectivity index (χ3v) is 6.49. The van der Waals surface area contributed by atoms with Crippen LogP contribution in [0.15, 0.2) is 47.0 Å². The molecule has 2 heterocycles. The molecule has 1 aromatic heterocycles. The lowest BCUT2D eigenvalue weighted by Crippen LogP contribution is -2.41. The zero-order valence-corrected chi connectivity index (χ0v) is 19.5. The van der Waals surface area contributed by atoms with Crippen molar-refractivity contribution in [2.24, 2.45) is 5.92 Å². The van der Waals surface area contributed by atoms with E-state index < -0.39 is 0 Å². The van der Waals surface area contributed by atoms with Gasteiger partial charge in [0, 0.05) is 11.5 Å². The van der Waals surface area contributed by atoms with Crippen molar-refractivity contribution in [2.45, 2.75) is 46.2 Å². The van der Waals surface area contributed by atoms with Crippen LogP contribution in [-0.4, -0.2) is 34.0 Å². The first-order chi connectivity index (χ1) is 15.4. The molecule has 1 unspecified atom stereocenters. The van der Waals surface area contributed by atoms with E-state index in [-0.39, 0.29) is 17.9 Å². The van der Waals surface area contributed by atoms with E-state index in [0.717, 1.165) is 31.5 Å². The molecular formula is C25H29ClN4O2. The van der Waals surface area contributed by atoms with Crippen molar-refractivity contribution in [3.05, 3.63) is 70.1 Å². The quantitative estimate of drug-likeness (QED) is 0.563. The number of carbonyl (C=O) groups is 1. The third kappa shape index (κ3) is 5.19. The Morgan fingerprint density at radius 2 is 1.97 bits per heavy atom. The van der Waals surface area contributed by atoms with Crippen LogP contribution >= 0.6 is 11.6 Å². The van der Waals surface area contributed by atoms with E-state index >= 15 is 0 Å². The van der Waals surface area contributed by atoms with Gasteiger partial charge in [-0.3, -0.25) is 9.69 Å². The summed E-state index contributed by atoms with van der Waals surface area (Å²) < 4.78 is 5.43. The van der Waals surface area contributed by atoms with Crippen LogP contribution in [0.3, 0.4) is 0 Å². The molecule has 1 aliphatic heterocycles. The number of piperidine rings is 1. The largest absolute Gasteiger partial charge is 0.349 e. The zero-order chi connectivity index (χ0) is 22.7. The van der Waals surface area contributed by atoms with E-state index in [1.54, 1.807) is 0 Å². The van der Waals surface area contributed by atoms with Crippen LogP contribution in [0.4, 0.5) is 0 Å². The fourth-order valence-electron chi connectivity index (χ4n) is 4.25. The topological polar surface area (TPSA) is 71.3 Å². The van der Waals surface area contributed by atoms with Gasteiger partial charge in [-0.2, -0.15) is 4.98 Å². The number of amides is 1. The van der Waals surface area contributed by atoms with Gasteiger partial charge < -0.3 is 9.84 Å². The highest BCUT2D eigenvalue weighted by Gasteiger charge is 2.27. The summed E-state index contributed by atoms with van der Waals surface area (Å²) in [6.45, 7) is 8.43. The molecule has 1 saturated heterocycles. The van der Waals surface area contributed by atoms with E-state index in [1.165, 1.54) is 16.7 Å². The second-order valence-electron chi connectivity index (χ2n) is 8.63. The lowest BCUT2D eigenvalue weighted by molar-refractivity contribution is -0.127. The number of aromatic nitrogens is 2. The van der Waals surface area contributed by atoms with Gasteiger partial charge in [0.1, 0.15) is 0 Å². The van der Waals surface area contributed by atoms with Crippen molar-refractivity contribution in [1.29, 1.82) is 0 Å². The minimum absolute atomic E-state index is 0.00190. The van der Waals surface area contributed by atoms with Crippen molar-refractivity contribution in [3.63, 3.8) is 0 Å². The lowest BCUT2D eigenvalue weighted by Gasteiger charge is -2.31. The highest BCUT2D eigenvalue weighted by molar-refractivity contribution is 6.33. The van der Waals surface area contributed by atoms with Gasteiger partial charge in [0.2, 0.25) is 17.6 Å². The molecule has 1 fully saturated rings. The van der Waals surface area contributed by atoms with Gasteiger partial charge in [-0.15, -0.1) is 0 Å². The maximum atomic E-state index is 12.9. The van der Waals surface area contributed by atoms with Crippen LogP contribution in [0.25, 0.3) is 11.4 Å². The van der Waals surface area contributed by atoms with Crippen molar-refractivity contribution in [3.8, 4) is 11.4 Å². The first-order valence-corrected chi connectivity index (χ1v) is 11.5. The van der Waals surface area contributed by atoms with Gasteiger partial charge >= 0.3 is 0 Å². The number of aryl methyl sites for hydroxylation is 2. The monoisotopic (exact) mass is 452 g/mol. The van der Waals surface area contributed by atoms with Crippen molar-refractivity contribution in [1.82, 2.24) is 20.4 Å². The number of likely N-dealkylation sites (tertiary alicyclic amines) is 1. The molecule has 6 nitrogen and oxygen atoms in total. The molecule has 168 valence electrons. The zero-order valence-electron chi connectivity index (χ0n) is 18.8. The summed E-state index contributed by atoms with van der Waals surface area (Å²) >= 11 is 6.23. The van der Waals surface area contributed by atoms with Crippen molar-refractivity contribution in [2.75, 3.05) is 13.1 Å². The van der Waals surface area contributed by atoms with E-state index in [9.17, 15) is 4.79 Å². The molecule has 2 aromatic carbocycles. The summed E-state index contributed by atoms with van der Waals surface area (Å²) in [7, 11) is 0. The molecule has 1 amide bonds. The summed E-state index contributed by atoms with van der Waals surface area (Å²) in [6, 6.07) is 13.8. The Labute approximate surface area is 194 Å². The molecule has 0 aliphatic carbocycles. The summed E-state index contributed by atoms with van der Waals surface area (Å²) in [4.78, 5) is 19.6. The van der Waals surface area contributed by atoms with Crippen LogP contribution in [0.2, 0.25) is 5.02 Å².